The maximum Gasteiger partial charge on any atom is 0.361 e. The number of carboxylic acids is 1. The summed E-state index contributed by atoms with van der Waals surface area (Å²) in [4.78, 5) is 37.4. The van der Waals surface area contributed by atoms with Gasteiger partial charge in [-0.25, -0.2) is 4.79 Å². The molecule has 1 N–H and O–H groups in total. The van der Waals surface area contributed by atoms with Gasteiger partial charge < -0.3 is 28.5 Å². The molecule has 0 bridgehead atoms. The fraction of sp³-hybridized carbons (Fsp3) is 0.758. The molecular weight excluding hydrogens is 887 g/mol. The van der Waals surface area contributed by atoms with E-state index in [4.69, 9.17) is 18.9 Å². The minimum atomic E-state index is -1.51. The van der Waals surface area contributed by atoms with Crippen LogP contribution in [0.5, 0.6) is 0 Å². The average Bonchev–Trinajstić information content (AvgIpc) is 3.34. The number of ether oxygens (including phenoxy) is 4. The lowest BCUT2D eigenvalue weighted by Gasteiger charge is -2.25. The summed E-state index contributed by atoms with van der Waals surface area (Å²) in [5.41, 5.74) is 0. The van der Waals surface area contributed by atoms with Gasteiger partial charge in [0.15, 0.2) is 6.10 Å². The maximum absolute atomic E-state index is 12.9. The van der Waals surface area contributed by atoms with Crippen molar-refractivity contribution in [2.45, 2.75) is 257 Å². The molecule has 0 rings (SSSR count). The number of unbranched alkanes of at least 4 members (excludes halogenated alkanes) is 26. The van der Waals surface area contributed by atoms with E-state index in [0.29, 0.717) is 17.4 Å². The van der Waals surface area contributed by atoms with E-state index >= 15 is 0 Å². The number of carbonyl (C=O) groups excluding carboxylic acids is 2. The highest BCUT2D eigenvalue weighted by Crippen LogP contribution is 2.16. The minimum absolute atomic E-state index is 0.185. The zero-order chi connectivity index (χ0) is 52.0. The summed E-state index contributed by atoms with van der Waals surface area (Å²) in [6, 6.07) is 0. The molecule has 0 fully saturated rings. The van der Waals surface area contributed by atoms with E-state index in [9.17, 15) is 19.5 Å². The van der Waals surface area contributed by atoms with Crippen LogP contribution >= 0.6 is 0 Å². The van der Waals surface area contributed by atoms with Crippen molar-refractivity contribution >= 4 is 17.9 Å². The number of quaternary nitrogens is 1. The molecule has 0 saturated carbocycles. The molecule has 2 atom stereocenters. The van der Waals surface area contributed by atoms with Crippen molar-refractivity contribution in [2.24, 2.45) is 0 Å². The van der Waals surface area contributed by atoms with Crippen molar-refractivity contribution in [2.75, 3.05) is 47.5 Å². The summed E-state index contributed by atoms with van der Waals surface area (Å²) >= 11 is 0. The number of rotatable bonds is 53. The SMILES string of the molecule is CC/C=C\C/C=C\C/C=C\C/C=C\C/C=C\CCCCCCCCCCCCCCCCCC(=O)OC(COC(=O)CCCCCCC/C=C\CCCCCCCC)COC(OCC[N+](C)(C)C)C(=O)O. The third-order valence-corrected chi connectivity index (χ3v) is 12.4. The van der Waals surface area contributed by atoms with Crippen molar-refractivity contribution in [1.29, 1.82) is 0 Å². The third-order valence-electron chi connectivity index (χ3n) is 12.4. The van der Waals surface area contributed by atoms with Crippen LogP contribution in [-0.4, -0.2) is 87.4 Å². The van der Waals surface area contributed by atoms with Crippen LogP contribution in [0.15, 0.2) is 72.9 Å². The van der Waals surface area contributed by atoms with Crippen LogP contribution in [0, 0.1) is 0 Å². The summed E-state index contributed by atoms with van der Waals surface area (Å²) in [6.07, 6.45) is 65.5. The standard InChI is InChI=1S/C62H109NO8/c1-6-8-10-12-14-16-18-20-22-23-24-25-26-27-28-29-30-31-32-33-34-35-36-37-39-41-43-45-47-49-51-53-60(65)71-58(57-70-62(61(66)67)68-55-54-63(3,4)5)56-69-59(64)52-50-48-46-44-42-40-38-21-19-17-15-13-11-9-7-2/h8,10,14,16,20-22,24-25,27-28,38,58,62H,6-7,9,11-13,15,17-19,23,26,29-37,39-57H2,1-5H3/p+1/b10-8-,16-14-,22-20-,25-24-,28-27-,38-21-. The Kier molecular flexibility index (Phi) is 50.6. The summed E-state index contributed by atoms with van der Waals surface area (Å²) in [5, 5.41) is 9.69. The molecule has 0 spiro atoms. The topological polar surface area (TPSA) is 108 Å². The Labute approximate surface area is 437 Å². The monoisotopic (exact) mass is 997 g/mol. The Morgan fingerprint density at radius 3 is 1.21 bits per heavy atom. The van der Waals surface area contributed by atoms with Gasteiger partial charge in [0.2, 0.25) is 0 Å². The van der Waals surface area contributed by atoms with Crippen molar-refractivity contribution in [1.82, 2.24) is 0 Å². The number of carboxylic acid groups (broad SMARTS) is 1. The Balaban J connectivity index is 4.16. The van der Waals surface area contributed by atoms with Gasteiger partial charge in [-0.1, -0.05) is 222 Å². The highest BCUT2D eigenvalue weighted by atomic mass is 16.7. The molecule has 0 aromatic carbocycles. The molecule has 0 aromatic rings. The first-order valence-electron chi connectivity index (χ1n) is 29.1. The molecule has 0 aliphatic rings. The van der Waals surface area contributed by atoms with Crippen molar-refractivity contribution in [3.63, 3.8) is 0 Å². The second-order valence-corrected chi connectivity index (χ2v) is 20.6. The Morgan fingerprint density at radius 2 is 0.803 bits per heavy atom. The minimum Gasteiger partial charge on any atom is -0.477 e. The van der Waals surface area contributed by atoms with Gasteiger partial charge in [0, 0.05) is 12.8 Å². The van der Waals surface area contributed by atoms with E-state index in [-0.39, 0.29) is 32.2 Å². The van der Waals surface area contributed by atoms with Gasteiger partial charge in [-0.15, -0.1) is 0 Å². The molecule has 0 aliphatic heterocycles. The number of hydrogen-bond donors (Lipinski definition) is 1. The number of allylic oxidation sites excluding steroid dienone is 12. The maximum atomic E-state index is 12.9. The van der Waals surface area contributed by atoms with E-state index in [2.05, 4.69) is 86.8 Å². The molecule has 0 radical (unpaired) electrons. The fourth-order valence-corrected chi connectivity index (χ4v) is 7.98. The average molecular weight is 998 g/mol. The van der Waals surface area contributed by atoms with Gasteiger partial charge in [-0.2, -0.15) is 0 Å². The van der Waals surface area contributed by atoms with E-state index in [1.165, 1.54) is 128 Å². The predicted octanol–water partition coefficient (Wildman–Crippen LogP) is 17.0. The van der Waals surface area contributed by atoms with Crippen molar-refractivity contribution in [3.05, 3.63) is 72.9 Å². The van der Waals surface area contributed by atoms with Crippen LogP contribution in [0.2, 0.25) is 0 Å². The van der Waals surface area contributed by atoms with Crippen LogP contribution < -0.4 is 0 Å². The molecule has 410 valence electrons. The highest BCUT2D eigenvalue weighted by molar-refractivity contribution is 5.71. The highest BCUT2D eigenvalue weighted by Gasteiger charge is 2.25. The van der Waals surface area contributed by atoms with Gasteiger partial charge in [0.1, 0.15) is 13.2 Å². The first kappa shape index (κ1) is 67.7. The lowest BCUT2D eigenvalue weighted by molar-refractivity contribution is -0.870. The molecule has 0 aromatic heterocycles. The summed E-state index contributed by atoms with van der Waals surface area (Å²) < 4.78 is 22.9. The number of aliphatic carboxylic acids is 1. The van der Waals surface area contributed by atoms with Gasteiger partial charge in [0.25, 0.3) is 6.29 Å². The molecular formula is C62H110NO8+. The van der Waals surface area contributed by atoms with Gasteiger partial charge in [-0.3, -0.25) is 9.59 Å². The summed E-state index contributed by atoms with van der Waals surface area (Å²) in [6.45, 7) is 4.76. The van der Waals surface area contributed by atoms with Gasteiger partial charge in [0.05, 0.1) is 34.4 Å². The normalized spacial score (nSPS) is 13.3. The number of carbonyl (C=O) groups is 3. The van der Waals surface area contributed by atoms with Crippen LogP contribution in [0.1, 0.15) is 245 Å². The molecule has 2 unspecified atom stereocenters. The Bertz CT molecular complexity index is 1390. The lowest BCUT2D eigenvalue weighted by atomic mass is 10.0. The molecule has 0 saturated heterocycles. The second kappa shape index (κ2) is 53.0. The van der Waals surface area contributed by atoms with Crippen LogP contribution in [0.25, 0.3) is 0 Å². The lowest BCUT2D eigenvalue weighted by Crippen LogP contribution is -2.40. The molecule has 9 heteroatoms. The van der Waals surface area contributed by atoms with E-state index in [1.54, 1.807) is 0 Å². The molecule has 71 heavy (non-hydrogen) atoms. The van der Waals surface area contributed by atoms with Gasteiger partial charge >= 0.3 is 17.9 Å². The number of hydrogen-bond acceptors (Lipinski definition) is 7. The number of nitrogens with zero attached hydrogens (tertiary/aromatic N) is 1. The first-order valence-corrected chi connectivity index (χ1v) is 29.1. The smallest absolute Gasteiger partial charge is 0.361 e. The van der Waals surface area contributed by atoms with Crippen LogP contribution in [0.3, 0.4) is 0 Å². The van der Waals surface area contributed by atoms with Crippen molar-refractivity contribution in [3.8, 4) is 0 Å². The van der Waals surface area contributed by atoms with Crippen LogP contribution in [0.4, 0.5) is 0 Å². The fourth-order valence-electron chi connectivity index (χ4n) is 7.98. The largest absolute Gasteiger partial charge is 0.477 e. The molecule has 0 heterocycles. The third kappa shape index (κ3) is 54.3. The Morgan fingerprint density at radius 1 is 0.437 bits per heavy atom. The predicted molar refractivity (Wildman–Crippen MR) is 299 cm³/mol. The summed E-state index contributed by atoms with van der Waals surface area (Å²) in [7, 11) is 5.96. The number of esters is 2. The van der Waals surface area contributed by atoms with E-state index < -0.39 is 24.3 Å². The molecule has 0 aliphatic carbocycles. The van der Waals surface area contributed by atoms with Crippen molar-refractivity contribution < 1.29 is 42.9 Å². The zero-order valence-electron chi connectivity index (χ0n) is 46.6. The zero-order valence-corrected chi connectivity index (χ0v) is 46.6. The number of likely N-dealkylation sites (N-methyl/N-ethyl adjacent to an activating group) is 1. The first-order chi connectivity index (χ1) is 34.6. The van der Waals surface area contributed by atoms with Crippen LogP contribution in [-0.2, 0) is 33.3 Å². The van der Waals surface area contributed by atoms with Gasteiger partial charge in [-0.05, 0) is 83.5 Å². The quantitative estimate of drug-likeness (QED) is 0.0211. The van der Waals surface area contributed by atoms with E-state index in [1.807, 2.05) is 21.1 Å². The second-order valence-electron chi connectivity index (χ2n) is 20.6. The summed E-state index contributed by atoms with van der Waals surface area (Å²) in [5.74, 6) is -2.01. The molecule has 0 amide bonds. The van der Waals surface area contributed by atoms with E-state index in [0.717, 1.165) is 89.9 Å². The Hall–Kier alpha value is -3.27. The molecule has 9 nitrogen and oxygen atoms in total.